The van der Waals surface area contributed by atoms with Gasteiger partial charge in [-0.25, -0.2) is 17.1 Å². The van der Waals surface area contributed by atoms with E-state index >= 15 is 0 Å². The normalized spacial score (nSPS) is 33.3. The fourth-order valence-electron chi connectivity index (χ4n) is 7.44. The Bertz CT molecular complexity index is 1260. The third kappa shape index (κ3) is 4.58. The van der Waals surface area contributed by atoms with Crippen LogP contribution >= 0.6 is 0 Å². The van der Waals surface area contributed by atoms with Gasteiger partial charge in [0.15, 0.2) is 8.32 Å². The summed E-state index contributed by atoms with van der Waals surface area (Å²) in [6, 6.07) is 5.45. The summed E-state index contributed by atoms with van der Waals surface area (Å²) < 4.78 is 48.7. The van der Waals surface area contributed by atoms with Crippen molar-refractivity contribution in [2.75, 3.05) is 5.75 Å². The van der Waals surface area contributed by atoms with Crippen LogP contribution in [-0.2, 0) is 19.2 Å². The van der Waals surface area contributed by atoms with Gasteiger partial charge in [-0.2, -0.15) is 5.10 Å². The largest absolute Gasteiger partial charge is 0.410 e. The number of hydrogen-bond donors (Lipinski definition) is 1. The van der Waals surface area contributed by atoms with Crippen LogP contribution in [0.4, 0.5) is 4.39 Å². The standard InChI is InChI=1S/C29H44FN3O4SSi/c1-27(2,3)39(6,7)37-23(19-8-11-22(30)12-9-19)13-10-20-17-31-32-25(20)26(34)33-24-16-21-14-15-29(24,28(21,4)5)18-38(33,35)36/h8-9,11-12,17,20-21,23-25,32H,10,13-16,18H2,1-7H3/t20-,21-,23-,24-,25-,29-/m0/s1. The first-order valence-corrected chi connectivity index (χ1v) is 18.8. The number of hydrogen-bond acceptors (Lipinski definition) is 6. The number of carbonyl (C=O) groups is 1. The third-order valence-corrected chi connectivity index (χ3v) is 17.4. The smallest absolute Gasteiger partial charge is 0.261 e. The molecule has 0 radical (unpaired) electrons. The van der Waals surface area contributed by atoms with Crippen LogP contribution in [0.5, 0.6) is 0 Å². The highest BCUT2D eigenvalue weighted by Gasteiger charge is 2.72. The van der Waals surface area contributed by atoms with E-state index in [0.717, 1.165) is 24.8 Å². The first kappa shape index (κ1) is 28.7. The summed E-state index contributed by atoms with van der Waals surface area (Å²) >= 11 is 0. The van der Waals surface area contributed by atoms with Crippen LogP contribution < -0.4 is 5.43 Å². The van der Waals surface area contributed by atoms with E-state index in [1.54, 1.807) is 18.3 Å². The van der Waals surface area contributed by atoms with Crippen LogP contribution in [-0.4, -0.2) is 51.0 Å². The van der Waals surface area contributed by atoms with Gasteiger partial charge in [-0.15, -0.1) is 0 Å². The monoisotopic (exact) mass is 577 g/mol. The Morgan fingerprint density at radius 3 is 2.54 bits per heavy atom. The number of halogens is 1. The number of nitrogens with one attached hydrogen (secondary N) is 1. The molecule has 216 valence electrons. The Morgan fingerprint density at radius 1 is 1.26 bits per heavy atom. The Hall–Kier alpha value is -1.78. The van der Waals surface area contributed by atoms with Gasteiger partial charge in [0.05, 0.1) is 17.9 Å². The van der Waals surface area contributed by atoms with Gasteiger partial charge in [-0.05, 0) is 79.3 Å². The molecule has 5 rings (SSSR count). The van der Waals surface area contributed by atoms with Crippen LogP contribution in [0.25, 0.3) is 0 Å². The number of sulfonamides is 1. The third-order valence-electron chi connectivity index (χ3n) is 11.0. The fourth-order valence-corrected chi connectivity index (χ4v) is 11.3. The van der Waals surface area contributed by atoms with Gasteiger partial charge in [0.2, 0.25) is 10.0 Å². The highest BCUT2D eigenvalue weighted by atomic mass is 32.2. The maximum absolute atomic E-state index is 14.0. The lowest BCUT2D eigenvalue weighted by Crippen LogP contribution is -2.52. The van der Waals surface area contributed by atoms with Crippen LogP contribution in [0.3, 0.4) is 0 Å². The van der Waals surface area contributed by atoms with Crippen molar-refractivity contribution < 1.29 is 22.0 Å². The van der Waals surface area contributed by atoms with Crippen LogP contribution in [0.1, 0.15) is 78.4 Å². The minimum Gasteiger partial charge on any atom is -0.410 e. The van der Waals surface area contributed by atoms with Gasteiger partial charge in [-0.1, -0.05) is 46.8 Å². The molecule has 39 heavy (non-hydrogen) atoms. The zero-order chi connectivity index (χ0) is 28.6. The van der Waals surface area contributed by atoms with Crippen LogP contribution in [0.15, 0.2) is 29.4 Å². The van der Waals surface area contributed by atoms with Crippen molar-refractivity contribution in [2.24, 2.45) is 27.8 Å². The molecule has 10 heteroatoms. The Kier molecular flexibility index (Phi) is 6.91. The van der Waals surface area contributed by atoms with E-state index in [1.807, 2.05) is 0 Å². The molecule has 2 saturated carbocycles. The molecule has 2 heterocycles. The summed E-state index contributed by atoms with van der Waals surface area (Å²) in [4.78, 5) is 14.0. The van der Waals surface area contributed by atoms with E-state index in [-0.39, 0.29) is 51.4 Å². The highest BCUT2D eigenvalue weighted by Crippen LogP contribution is 2.70. The van der Waals surface area contributed by atoms with Crippen molar-refractivity contribution >= 4 is 30.5 Å². The maximum atomic E-state index is 14.0. The molecule has 6 atom stereocenters. The quantitative estimate of drug-likeness (QED) is 0.426. The highest BCUT2D eigenvalue weighted by molar-refractivity contribution is 7.90. The summed E-state index contributed by atoms with van der Waals surface area (Å²) in [7, 11) is -5.86. The average molecular weight is 578 g/mol. The summed E-state index contributed by atoms with van der Waals surface area (Å²) in [5, 5.41) is 4.22. The summed E-state index contributed by atoms with van der Waals surface area (Å²) in [6.45, 7) is 15.3. The van der Waals surface area contributed by atoms with Crippen molar-refractivity contribution in [3.63, 3.8) is 0 Å². The zero-order valence-electron chi connectivity index (χ0n) is 24.3. The first-order chi connectivity index (χ1) is 18.0. The molecule has 1 amide bonds. The maximum Gasteiger partial charge on any atom is 0.261 e. The SMILES string of the molecule is CC1(C)[C@H]2CC[C@@]13CS(=O)(=O)N(C(=O)[C@H]1NN=C[C@@H]1CC[C@H](O[Si](C)(C)C(C)(C)C)c1ccc(F)cc1)[C@H]3C2. The second-order valence-corrected chi connectivity index (χ2v) is 20.9. The average Bonchev–Trinajstić information content (AvgIpc) is 3.51. The van der Waals surface area contributed by atoms with E-state index in [9.17, 15) is 17.6 Å². The van der Waals surface area contributed by atoms with Gasteiger partial charge >= 0.3 is 0 Å². The van der Waals surface area contributed by atoms with E-state index in [0.29, 0.717) is 18.8 Å². The molecule has 1 aromatic rings. The summed E-state index contributed by atoms with van der Waals surface area (Å²) in [6.07, 6.45) is 5.31. The van der Waals surface area contributed by atoms with Gasteiger partial charge in [0, 0.05) is 17.5 Å². The molecule has 1 saturated heterocycles. The van der Waals surface area contributed by atoms with Crippen molar-refractivity contribution in [2.45, 2.75) is 103 Å². The topological polar surface area (TPSA) is 88.1 Å². The van der Waals surface area contributed by atoms with Crippen molar-refractivity contribution in [3.8, 4) is 0 Å². The lowest BCUT2D eigenvalue weighted by molar-refractivity contribution is -0.131. The van der Waals surface area contributed by atoms with Gasteiger partial charge < -0.3 is 4.43 Å². The molecule has 4 aliphatic rings. The molecular weight excluding hydrogens is 533 g/mol. The van der Waals surface area contributed by atoms with Crippen LogP contribution in [0.2, 0.25) is 18.1 Å². The number of amides is 1. The van der Waals surface area contributed by atoms with Gasteiger partial charge in [0.25, 0.3) is 5.91 Å². The van der Waals surface area contributed by atoms with E-state index in [2.05, 4.69) is 58.2 Å². The van der Waals surface area contributed by atoms with Crippen LogP contribution in [0, 0.1) is 28.5 Å². The fraction of sp³-hybridized carbons (Fsp3) is 0.724. The Morgan fingerprint density at radius 2 is 1.92 bits per heavy atom. The lowest BCUT2D eigenvalue weighted by Gasteiger charge is -2.40. The van der Waals surface area contributed by atoms with E-state index in [1.165, 1.54) is 16.4 Å². The van der Waals surface area contributed by atoms with E-state index < -0.39 is 24.4 Å². The van der Waals surface area contributed by atoms with Crippen molar-refractivity contribution in [1.82, 2.24) is 9.73 Å². The molecule has 1 N–H and O–H groups in total. The number of carbonyl (C=O) groups excluding carboxylic acids is 1. The number of benzene rings is 1. The summed E-state index contributed by atoms with van der Waals surface area (Å²) in [5.41, 5.74) is 3.39. The Labute approximate surface area is 234 Å². The Balaban J connectivity index is 1.35. The molecule has 0 unspecified atom stereocenters. The molecule has 0 aromatic heterocycles. The molecule has 3 fully saturated rings. The van der Waals surface area contributed by atoms with E-state index in [4.69, 9.17) is 4.43 Å². The second kappa shape index (κ2) is 9.38. The van der Waals surface area contributed by atoms with Crippen molar-refractivity contribution in [1.29, 1.82) is 0 Å². The summed E-state index contributed by atoms with van der Waals surface area (Å²) in [5.74, 6) is -0.435. The molecule has 1 aromatic carbocycles. The first-order valence-electron chi connectivity index (χ1n) is 14.3. The molecular formula is C29H44FN3O4SSi. The number of fused-ring (bicyclic) bond motifs is 1. The number of hydrazone groups is 1. The minimum atomic E-state index is -3.71. The molecule has 2 aliphatic carbocycles. The van der Waals surface area contributed by atoms with Crippen molar-refractivity contribution in [3.05, 3.63) is 35.6 Å². The van der Waals surface area contributed by atoms with Gasteiger partial charge in [0.1, 0.15) is 11.9 Å². The minimum absolute atomic E-state index is 0.00529. The number of rotatable bonds is 7. The number of nitrogens with zero attached hydrogens (tertiary/aromatic N) is 2. The lowest BCUT2D eigenvalue weighted by atomic mass is 9.69. The molecule has 2 aliphatic heterocycles. The van der Waals surface area contributed by atoms with Gasteiger partial charge in [-0.3, -0.25) is 10.2 Å². The molecule has 1 spiro atoms. The predicted molar refractivity (Wildman–Crippen MR) is 154 cm³/mol. The zero-order valence-corrected chi connectivity index (χ0v) is 26.1. The molecule has 2 bridgehead atoms. The predicted octanol–water partition coefficient (Wildman–Crippen LogP) is 5.61. The second-order valence-electron chi connectivity index (χ2n) is 14.3. The molecule has 7 nitrogen and oxygen atoms in total.